The molecule has 150 valence electrons. The van der Waals surface area contributed by atoms with Crippen molar-refractivity contribution < 1.29 is 24.6 Å². The third-order valence-corrected chi connectivity index (χ3v) is 3.83. The number of anilines is 2. The molecule has 2 rings (SSSR count). The van der Waals surface area contributed by atoms with Crippen LogP contribution < -0.4 is 16.4 Å². The van der Waals surface area contributed by atoms with Gasteiger partial charge in [-0.2, -0.15) is 5.26 Å². The second-order valence-electron chi connectivity index (χ2n) is 5.93. The Balaban J connectivity index is 1.96. The highest BCUT2D eigenvalue weighted by Gasteiger charge is 2.21. The van der Waals surface area contributed by atoms with Crippen molar-refractivity contribution in [3.63, 3.8) is 0 Å². The van der Waals surface area contributed by atoms with Gasteiger partial charge in [0.2, 0.25) is 0 Å². The lowest BCUT2D eigenvalue weighted by Gasteiger charge is -2.14. The molecule has 1 aromatic carbocycles. The number of aliphatic carboxylic acids is 2. The zero-order valence-electron chi connectivity index (χ0n) is 15.1. The minimum absolute atomic E-state index is 0.0344. The Morgan fingerprint density at radius 3 is 2.48 bits per heavy atom. The number of benzene rings is 1. The summed E-state index contributed by atoms with van der Waals surface area (Å²) < 4.78 is 0. The Hall–Kier alpha value is -4.20. The normalized spacial score (nSPS) is 11.1. The summed E-state index contributed by atoms with van der Waals surface area (Å²) in [5.41, 5.74) is 6.92. The van der Waals surface area contributed by atoms with Crippen LogP contribution in [0.15, 0.2) is 30.5 Å². The van der Waals surface area contributed by atoms with Gasteiger partial charge in [-0.05, 0) is 30.7 Å². The van der Waals surface area contributed by atoms with Gasteiger partial charge in [0.05, 0.1) is 18.4 Å². The zero-order valence-corrected chi connectivity index (χ0v) is 15.1. The zero-order chi connectivity index (χ0) is 21.4. The summed E-state index contributed by atoms with van der Waals surface area (Å²) in [6.07, 6.45) is 0.846. The fraction of sp³-hybridized carbons (Fsp3) is 0.222. The fourth-order valence-electron chi connectivity index (χ4n) is 2.30. The number of carbonyl (C=O) groups excluding carboxylic acids is 1. The highest BCUT2D eigenvalue weighted by molar-refractivity contribution is 5.96. The molecule has 0 fully saturated rings. The van der Waals surface area contributed by atoms with Crippen molar-refractivity contribution in [1.29, 1.82) is 5.26 Å². The number of amides is 1. The number of nitrogens with one attached hydrogen (secondary N) is 2. The van der Waals surface area contributed by atoms with Crippen molar-refractivity contribution >= 4 is 29.4 Å². The quantitative estimate of drug-likeness (QED) is 0.399. The molecule has 0 spiro atoms. The molecule has 0 saturated heterocycles. The molecule has 0 unspecified atom stereocenters. The van der Waals surface area contributed by atoms with E-state index in [9.17, 15) is 14.4 Å². The molecule has 0 aliphatic rings. The van der Waals surface area contributed by atoms with E-state index in [1.54, 1.807) is 12.1 Å². The highest BCUT2D eigenvalue weighted by Crippen LogP contribution is 2.12. The van der Waals surface area contributed by atoms with Crippen molar-refractivity contribution in [1.82, 2.24) is 15.3 Å². The number of rotatable bonds is 9. The molecular weight excluding hydrogens is 380 g/mol. The molecule has 1 atom stereocenters. The van der Waals surface area contributed by atoms with Gasteiger partial charge < -0.3 is 26.6 Å². The van der Waals surface area contributed by atoms with Gasteiger partial charge in [-0.25, -0.2) is 14.8 Å². The number of carboxylic acids is 2. The predicted octanol–water partition coefficient (Wildman–Crippen LogP) is 0.590. The Kier molecular flexibility index (Phi) is 7.03. The Bertz CT molecular complexity index is 954. The van der Waals surface area contributed by atoms with E-state index in [-0.39, 0.29) is 36.5 Å². The van der Waals surface area contributed by atoms with Crippen LogP contribution in [-0.2, 0) is 16.1 Å². The summed E-state index contributed by atoms with van der Waals surface area (Å²) in [7, 11) is 0. The van der Waals surface area contributed by atoms with Crippen LogP contribution in [0.1, 0.15) is 34.6 Å². The first kappa shape index (κ1) is 21.1. The van der Waals surface area contributed by atoms with Crippen molar-refractivity contribution in [3.05, 3.63) is 47.4 Å². The van der Waals surface area contributed by atoms with Gasteiger partial charge in [0.15, 0.2) is 11.5 Å². The highest BCUT2D eigenvalue weighted by atomic mass is 16.4. The number of carbonyl (C=O) groups is 3. The van der Waals surface area contributed by atoms with Crippen LogP contribution in [0.3, 0.4) is 0 Å². The second-order valence-corrected chi connectivity index (χ2v) is 5.93. The van der Waals surface area contributed by atoms with E-state index in [0.717, 1.165) is 0 Å². The predicted molar refractivity (Wildman–Crippen MR) is 101 cm³/mol. The number of nitrogens with two attached hydrogens (primary N) is 1. The van der Waals surface area contributed by atoms with Gasteiger partial charge in [0.1, 0.15) is 12.1 Å². The van der Waals surface area contributed by atoms with Crippen LogP contribution in [0, 0.1) is 11.3 Å². The van der Waals surface area contributed by atoms with Crippen LogP contribution in [-0.4, -0.2) is 44.1 Å². The summed E-state index contributed by atoms with van der Waals surface area (Å²) in [6.45, 7) is 0.268. The second kappa shape index (κ2) is 9.65. The molecular formula is C18H18N6O5. The number of nitrogens with zero attached hydrogens (tertiary/aromatic N) is 3. The van der Waals surface area contributed by atoms with Crippen LogP contribution >= 0.6 is 0 Å². The monoisotopic (exact) mass is 398 g/mol. The van der Waals surface area contributed by atoms with Gasteiger partial charge in [-0.3, -0.25) is 9.59 Å². The Morgan fingerprint density at radius 2 is 1.90 bits per heavy atom. The van der Waals surface area contributed by atoms with Crippen LogP contribution in [0.2, 0.25) is 0 Å². The van der Waals surface area contributed by atoms with Gasteiger partial charge >= 0.3 is 11.9 Å². The maximum Gasteiger partial charge on any atom is 0.326 e. The van der Waals surface area contributed by atoms with E-state index < -0.39 is 23.9 Å². The molecule has 6 N–H and O–H groups in total. The lowest BCUT2D eigenvalue weighted by molar-refractivity contribution is -0.140. The SMILES string of the molecule is N#Cc1nc(CNc2ccc(C(=O)N[C@@H](CCC(=O)O)C(=O)O)cc2)cnc1N. The third-order valence-electron chi connectivity index (χ3n) is 3.83. The molecule has 0 radical (unpaired) electrons. The number of hydrogen-bond acceptors (Lipinski definition) is 8. The molecule has 2 aromatic rings. The number of aromatic nitrogens is 2. The van der Waals surface area contributed by atoms with Crippen LogP contribution in [0.4, 0.5) is 11.5 Å². The van der Waals surface area contributed by atoms with E-state index >= 15 is 0 Å². The summed E-state index contributed by atoms with van der Waals surface area (Å²) in [4.78, 5) is 41.9. The lowest BCUT2D eigenvalue weighted by atomic mass is 10.1. The van der Waals surface area contributed by atoms with E-state index in [1.165, 1.54) is 18.3 Å². The van der Waals surface area contributed by atoms with E-state index in [1.807, 2.05) is 6.07 Å². The average molecular weight is 398 g/mol. The third kappa shape index (κ3) is 6.17. The topological polar surface area (TPSA) is 191 Å². The standard InChI is InChI=1S/C18H18N6O5/c19-7-14-16(20)22-9-12(23-14)8-21-11-3-1-10(2-4-11)17(27)24-13(18(28)29)5-6-15(25)26/h1-4,9,13,21H,5-6,8H2,(H2,20,22)(H,24,27)(H,25,26)(H,28,29)/t13-/m0/s1. The summed E-state index contributed by atoms with van der Waals surface area (Å²) in [6, 6.07) is 6.75. The van der Waals surface area contributed by atoms with Crippen molar-refractivity contribution in [3.8, 4) is 6.07 Å². The fourth-order valence-corrected chi connectivity index (χ4v) is 2.30. The Morgan fingerprint density at radius 1 is 1.21 bits per heavy atom. The Labute approximate surface area is 165 Å². The average Bonchev–Trinajstić information content (AvgIpc) is 2.70. The van der Waals surface area contributed by atoms with Crippen molar-refractivity contribution in [2.45, 2.75) is 25.4 Å². The van der Waals surface area contributed by atoms with Gasteiger partial charge in [-0.1, -0.05) is 0 Å². The first-order chi connectivity index (χ1) is 13.8. The number of hydrogen-bond donors (Lipinski definition) is 5. The minimum Gasteiger partial charge on any atom is -0.481 e. The maximum atomic E-state index is 12.2. The largest absolute Gasteiger partial charge is 0.481 e. The van der Waals surface area contributed by atoms with Gasteiger partial charge in [-0.15, -0.1) is 0 Å². The molecule has 0 bridgehead atoms. The van der Waals surface area contributed by atoms with Crippen LogP contribution in [0.25, 0.3) is 0 Å². The molecule has 0 aliphatic heterocycles. The molecule has 0 saturated carbocycles. The molecule has 11 nitrogen and oxygen atoms in total. The molecule has 0 aliphatic carbocycles. The lowest BCUT2D eigenvalue weighted by Crippen LogP contribution is -2.41. The molecule has 29 heavy (non-hydrogen) atoms. The molecule has 1 amide bonds. The summed E-state index contributed by atoms with van der Waals surface area (Å²) in [5.74, 6) is -3.03. The number of carboxylic acid groups (broad SMARTS) is 2. The maximum absolute atomic E-state index is 12.2. The van der Waals surface area contributed by atoms with E-state index in [0.29, 0.717) is 11.4 Å². The summed E-state index contributed by atoms with van der Waals surface area (Å²) in [5, 5.41) is 32.0. The first-order valence-electron chi connectivity index (χ1n) is 8.41. The number of nitriles is 1. The van der Waals surface area contributed by atoms with E-state index in [2.05, 4.69) is 20.6 Å². The van der Waals surface area contributed by atoms with Crippen molar-refractivity contribution in [2.24, 2.45) is 0 Å². The summed E-state index contributed by atoms with van der Waals surface area (Å²) >= 11 is 0. The smallest absolute Gasteiger partial charge is 0.326 e. The van der Waals surface area contributed by atoms with Crippen LogP contribution in [0.5, 0.6) is 0 Å². The molecule has 1 heterocycles. The van der Waals surface area contributed by atoms with Gasteiger partial charge in [0.25, 0.3) is 5.91 Å². The van der Waals surface area contributed by atoms with Gasteiger partial charge in [0, 0.05) is 17.7 Å². The minimum atomic E-state index is -1.31. The molecule has 11 heteroatoms. The number of nitrogen functional groups attached to an aromatic ring is 1. The van der Waals surface area contributed by atoms with E-state index in [4.69, 9.17) is 21.2 Å². The van der Waals surface area contributed by atoms with Crippen molar-refractivity contribution in [2.75, 3.05) is 11.1 Å². The first-order valence-corrected chi connectivity index (χ1v) is 8.41. The molecule has 1 aromatic heterocycles.